The average Bonchev–Trinajstić information content (AvgIpc) is 3.24. The summed E-state index contributed by atoms with van der Waals surface area (Å²) in [4.78, 5) is 28.4. The maximum absolute atomic E-state index is 12.1. The van der Waals surface area contributed by atoms with Crippen LogP contribution in [-0.2, 0) is 27.4 Å². The topological polar surface area (TPSA) is 88.5 Å². The van der Waals surface area contributed by atoms with Gasteiger partial charge < -0.3 is 15.2 Å². The fourth-order valence-electron chi connectivity index (χ4n) is 2.91. The number of hydrogen-bond acceptors (Lipinski definition) is 6. The van der Waals surface area contributed by atoms with Crippen LogP contribution in [0.5, 0.6) is 0 Å². The van der Waals surface area contributed by atoms with E-state index < -0.39 is 11.6 Å². The maximum atomic E-state index is 12.1. The van der Waals surface area contributed by atoms with Crippen LogP contribution >= 0.6 is 11.3 Å². The summed E-state index contributed by atoms with van der Waals surface area (Å²) in [6, 6.07) is 7.58. The Morgan fingerprint density at radius 2 is 1.96 bits per heavy atom. The van der Waals surface area contributed by atoms with Crippen molar-refractivity contribution in [3.63, 3.8) is 0 Å². The summed E-state index contributed by atoms with van der Waals surface area (Å²) in [5.74, 6) is -0.728. The minimum absolute atomic E-state index is 0.0111. The van der Waals surface area contributed by atoms with E-state index in [0.29, 0.717) is 23.5 Å². The molecule has 0 unspecified atom stereocenters. The number of esters is 1. The number of anilines is 1. The van der Waals surface area contributed by atoms with Crippen molar-refractivity contribution in [2.45, 2.75) is 51.2 Å². The van der Waals surface area contributed by atoms with Crippen LogP contribution in [0.1, 0.15) is 41.9 Å². The molecule has 7 heteroatoms. The van der Waals surface area contributed by atoms with Crippen molar-refractivity contribution >= 4 is 28.9 Å². The highest BCUT2D eigenvalue weighted by Gasteiger charge is 2.40. The third-order valence-electron chi connectivity index (χ3n) is 4.41. The van der Waals surface area contributed by atoms with Crippen molar-refractivity contribution in [3.8, 4) is 0 Å². The van der Waals surface area contributed by atoms with Crippen LogP contribution in [0.3, 0.4) is 0 Å². The Kier molecular flexibility index (Phi) is 5.68. The number of thiazole rings is 1. The minimum atomic E-state index is -1.34. The summed E-state index contributed by atoms with van der Waals surface area (Å²) in [6.07, 6.45) is 2.74. The standard InChI is InChI=1S/C19H22N2O4S/c1-13-4-6-14(7-5-13)20-16(22)10-17-21-15(12-26-17)11-25-18(23)19(24)8-2-3-9-19/h4-7,12,24H,2-3,8-11H2,1H3,(H,20,22). The number of hydrogen-bond donors (Lipinski definition) is 2. The number of carbonyl (C=O) groups is 2. The van der Waals surface area contributed by atoms with Gasteiger partial charge in [-0.15, -0.1) is 11.3 Å². The Morgan fingerprint density at radius 1 is 1.27 bits per heavy atom. The van der Waals surface area contributed by atoms with Crippen molar-refractivity contribution < 1.29 is 19.4 Å². The van der Waals surface area contributed by atoms with E-state index in [4.69, 9.17) is 4.74 Å². The third-order valence-corrected chi connectivity index (χ3v) is 5.31. The van der Waals surface area contributed by atoms with E-state index in [1.54, 1.807) is 5.38 Å². The van der Waals surface area contributed by atoms with Crippen molar-refractivity contribution in [2.75, 3.05) is 5.32 Å². The molecule has 0 radical (unpaired) electrons. The first-order valence-electron chi connectivity index (χ1n) is 8.64. The number of rotatable bonds is 6. The molecule has 0 spiro atoms. The van der Waals surface area contributed by atoms with Gasteiger partial charge in [0, 0.05) is 11.1 Å². The molecule has 0 atom stereocenters. The molecule has 1 saturated carbocycles. The summed E-state index contributed by atoms with van der Waals surface area (Å²) in [5, 5.41) is 15.4. The molecule has 0 aliphatic heterocycles. The summed E-state index contributed by atoms with van der Waals surface area (Å²) in [6.45, 7) is 2.00. The first kappa shape index (κ1) is 18.5. The molecule has 1 aliphatic carbocycles. The van der Waals surface area contributed by atoms with Crippen LogP contribution < -0.4 is 5.32 Å². The van der Waals surface area contributed by atoms with Crippen LogP contribution in [0.25, 0.3) is 0 Å². The lowest BCUT2D eigenvalue weighted by molar-refractivity contribution is -0.166. The van der Waals surface area contributed by atoms with E-state index in [-0.39, 0.29) is 18.9 Å². The zero-order valence-corrected chi connectivity index (χ0v) is 15.5. The number of ether oxygens (including phenoxy) is 1. The van der Waals surface area contributed by atoms with Crippen molar-refractivity contribution in [3.05, 3.63) is 45.9 Å². The molecule has 2 aromatic rings. The van der Waals surface area contributed by atoms with E-state index in [9.17, 15) is 14.7 Å². The molecule has 2 N–H and O–H groups in total. The van der Waals surface area contributed by atoms with Gasteiger partial charge in [-0.2, -0.15) is 0 Å². The summed E-state index contributed by atoms with van der Waals surface area (Å²) in [7, 11) is 0. The quantitative estimate of drug-likeness (QED) is 0.759. The van der Waals surface area contributed by atoms with Crippen molar-refractivity contribution in [2.24, 2.45) is 0 Å². The number of aliphatic hydroxyl groups is 1. The molecule has 3 rings (SSSR count). The molecule has 138 valence electrons. The SMILES string of the molecule is Cc1ccc(NC(=O)Cc2nc(COC(=O)C3(O)CCCC3)cs2)cc1. The smallest absolute Gasteiger partial charge is 0.338 e. The summed E-state index contributed by atoms with van der Waals surface area (Å²) in [5.41, 5.74) is 1.12. The maximum Gasteiger partial charge on any atom is 0.338 e. The van der Waals surface area contributed by atoms with E-state index in [1.807, 2.05) is 31.2 Å². The number of nitrogens with zero attached hydrogens (tertiary/aromatic N) is 1. The monoisotopic (exact) mass is 374 g/mol. The Morgan fingerprint density at radius 3 is 2.65 bits per heavy atom. The zero-order chi connectivity index (χ0) is 18.6. The summed E-state index contributed by atoms with van der Waals surface area (Å²) < 4.78 is 5.19. The number of aromatic nitrogens is 1. The van der Waals surface area contributed by atoms with Gasteiger partial charge in [-0.25, -0.2) is 9.78 Å². The lowest BCUT2D eigenvalue weighted by Gasteiger charge is -2.19. The van der Waals surface area contributed by atoms with E-state index in [1.165, 1.54) is 11.3 Å². The zero-order valence-electron chi connectivity index (χ0n) is 14.7. The second-order valence-electron chi connectivity index (χ2n) is 6.64. The van der Waals surface area contributed by atoms with Gasteiger partial charge in [-0.1, -0.05) is 17.7 Å². The van der Waals surface area contributed by atoms with Gasteiger partial charge >= 0.3 is 5.97 Å². The Labute approximate surface area is 156 Å². The fourth-order valence-corrected chi connectivity index (χ4v) is 3.69. The van der Waals surface area contributed by atoms with Crippen LogP contribution in [0.2, 0.25) is 0 Å². The van der Waals surface area contributed by atoms with Gasteiger partial charge in [0.15, 0.2) is 5.60 Å². The fraction of sp³-hybridized carbons (Fsp3) is 0.421. The highest BCUT2D eigenvalue weighted by atomic mass is 32.1. The Balaban J connectivity index is 1.49. The van der Waals surface area contributed by atoms with Gasteiger partial charge in [0.1, 0.15) is 11.6 Å². The van der Waals surface area contributed by atoms with Gasteiger partial charge in [0.25, 0.3) is 0 Å². The van der Waals surface area contributed by atoms with E-state index >= 15 is 0 Å². The molecule has 1 aromatic heterocycles. The number of benzene rings is 1. The predicted molar refractivity (Wildman–Crippen MR) is 98.8 cm³/mol. The second kappa shape index (κ2) is 7.97. The molecule has 0 bridgehead atoms. The lowest BCUT2D eigenvalue weighted by Crippen LogP contribution is -2.36. The molecule has 26 heavy (non-hydrogen) atoms. The number of carbonyl (C=O) groups excluding carboxylic acids is 2. The Hall–Kier alpha value is -2.25. The molecular weight excluding hydrogens is 352 g/mol. The first-order valence-corrected chi connectivity index (χ1v) is 9.52. The van der Waals surface area contributed by atoms with Crippen LogP contribution in [0, 0.1) is 6.92 Å². The van der Waals surface area contributed by atoms with Crippen molar-refractivity contribution in [1.82, 2.24) is 4.98 Å². The molecule has 1 aromatic carbocycles. The molecule has 1 fully saturated rings. The lowest BCUT2D eigenvalue weighted by atomic mass is 10.0. The number of aryl methyl sites for hydroxylation is 1. The highest BCUT2D eigenvalue weighted by molar-refractivity contribution is 7.09. The molecule has 1 heterocycles. The molecule has 0 saturated heterocycles. The summed E-state index contributed by atoms with van der Waals surface area (Å²) >= 11 is 1.35. The van der Waals surface area contributed by atoms with Crippen LogP contribution in [-0.4, -0.2) is 27.6 Å². The largest absolute Gasteiger partial charge is 0.457 e. The number of nitrogens with one attached hydrogen (secondary N) is 1. The normalized spacial score (nSPS) is 15.6. The number of amides is 1. The minimum Gasteiger partial charge on any atom is -0.457 e. The van der Waals surface area contributed by atoms with Gasteiger partial charge in [-0.3, -0.25) is 4.79 Å². The second-order valence-corrected chi connectivity index (χ2v) is 7.58. The molecule has 1 amide bonds. The third kappa shape index (κ3) is 4.68. The van der Waals surface area contributed by atoms with Crippen molar-refractivity contribution in [1.29, 1.82) is 0 Å². The van der Waals surface area contributed by atoms with Crippen LogP contribution in [0.15, 0.2) is 29.6 Å². The molecule has 1 aliphatic rings. The van der Waals surface area contributed by atoms with Gasteiger partial charge in [0.05, 0.1) is 12.1 Å². The average molecular weight is 374 g/mol. The predicted octanol–water partition coefficient (Wildman–Crippen LogP) is 2.98. The first-order chi connectivity index (χ1) is 12.4. The Bertz CT molecular complexity index is 779. The molecular formula is C19H22N2O4S. The van der Waals surface area contributed by atoms with Gasteiger partial charge in [0.2, 0.25) is 5.91 Å². The van der Waals surface area contributed by atoms with Crippen LogP contribution in [0.4, 0.5) is 5.69 Å². The highest BCUT2D eigenvalue weighted by Crippen LogP contribution is 2.30. The van der Waals surface area contributed by atoms with E-state index in [2.05, 4.69) is 10.3 Å². The molecule has 6 nitrogen and oxygen atoms in total. The van der Waals surface area contributed by atoms with E-state index in [0.717, 1.165) is 24.1 Å². The van der Waals surface area contributed by atoms with Gasteiger partial charge in [-0.05, 0) is 44.7 Å².